The van der Waals surface area contributed by atoms with Gasteiger partial charge in [0.25, 0.3) is 0 Å². The molecular formula is C20H33N5O3. The zero-order valence-electron chi connectivity index (χ0n) is 17.2. The van der Waals surface area contributed by atoms with E-state index in [0.29, 0.717) is 44.8 Å². The molecule has 1 N–H and O–H groups in total. The molecule has 3 rings (SSSR count). The Balaban J connectivity index is 1.53. The molecule has 3 heterocycles. The van der Waals surface area contributed by atoms with E-state index in [-0.39, 0.29) is 30.1 Å². The quantitative estimate of drug-likeness (QED) is 0.792. The van der Waals surface area contributed by atoms with Crippen molar-refractivity contribution < 1.29 is 9.59 Å². The minimum atomic E-state index is -0.103. The van der Waals surface area contributed by atoms with E-state index in [0.717, 1.165) is 37.9 Å². The highest BCUT2D eigenvalue weighted by Crippen LogP contribution is 2.14. The lowest BCUT2D eigenvalue weighted by molar-refractivity contribution is -0.135. The summed E-state index contributed by atoms with van der Waals surface area (Å²) in [6.45, 7) is 6.31. The number of carbonyl (C=O) groups excluding carboxylic acids is 2. The van der Waals surface area contributed by atoms with Crippen molar-refractivity contribution in [3.8, 4) is 0 Å². The zero-order chi connectivity index (χ0) is 20.1. The summed E-state index contributed by atoms with van der Waals surface area (Å²) >= 11 is 0. The molecule has 1 atom stereocenters. The van der Waals surface area contributed by atoms with Crippen LogP contribution in [0.5, 0.6) is 0 Å². The molecule has 8 nitrogen and oxygen atoms in total. The first kappa shape index (κ1) is 20.6. The van der Waals surface area contributed by atoms with E-state index >= 15 is 0 Å². The SMILES string of the molecule is CC(C)CCn1nc2n(c1=O)CCC(NC(=O)CN1CCCCCC1=O)CC2. The van der Waals surface area contributed by atoms with Crippen molar-refractivity contribution in [3.63, 3.8) is 0 Å². The third-order valence-corrected chi connectivity index (χ3v) is 5.71. The molecule has 0 saturated carbocycles. The normalized spacial score (nSPS) is 20.6. The van der Waals surface area contributed by atoms with Crippen LogP contribution < -0.4 is 11.0 Å². The second-order valence-corrected chi connectivity index (χ2v) is 8.47. The Kier molecular flexibility index (Phi) is 6.91. The maximum absolute atomic E-state index is 12.6. The molecule has 1 aromatic rings. The van der Waals surface area contributed by atoms with Crippen LogP contribution in [0.15, 0.2) is 4.79 Å². The summed E-state index contributed by atoms with van der Waals surface area (Å²) in [7, 11) is 0. The van der Waals surface area contributed by atoms with Gasteiger partial charge in [-0.3, -0.25) is 14.2 Å². The van der Waals surface area contributed by atoms with E-state index in [1.54, 1.807) is 14.1 Å². The number of aromatic nitrogens is 3. The molecule has 8 heteroatoms. The topological polar surface area (TPSA) is 89.2 Å². The van der Waals surface area contributed by atoms with Crippen molar-refractivity contribution in [1.29, 1.82) is 0 Å². The third-order valence-electron chi connectivity index (χ3n) is 5.71. The molecule has 1 fully saturated rings. The molecule has 1 unspecified atom stereocenters. The van der Waals surface area contributed by atoms with Crippen LogP contribution in [0.3, 0.4) is 0 Å². The predicted octanol–water partition coefficient (Wildman–Crippen LogP) is 1.31. The predicted molar refractivity (Wildman–Crippen MR) is 106 cm³/mol. The Morgan fingerprint density at radius 3 is 2.75 bits per heavy atom. The largest absolute Gasteiger partial charge is 0.352 e. The van der Waals surface area contributed by atoms with Gasteiger partial charge in [0.15, 0.2) is 0 Å². The molecule has 2 aliphatic rings. The van der Waals surface area contributed by atoms with Gasteiger partial charge < -0.3 is 10.2 Å². The van der Waals surface area contributed by atoms with Gasteiger partial charge >= 0.3 is 5.69 Å². The number of nitrogens with zero attached hydrogens (tertiary/aromatic N) is 4. The monoisotopic (exact) mass is 391 g/mol. The van der Waals surface area contributed by atoms with E-state index in [1.165, 1.54) is 0 Å². The highest BCUT2D eigenvalue weighted by molar-refractivity contribution is 5.85. The molecule has 1 aromatic heterocycles. The minimum Gasteiger partial charge on any atom is -0.352 e. The fourth-order valence-corrected chi connectivity index (χ4v) is 3.95. The fourth-order valence-electron chi connectivity index (χ4n) is 3.95. The second kappa shape index (κ2) is 9.39. The van der Waals surface area contributed by atoms with Gasteiger partial charge in [-0.05, 0) is 38.0 Å². The van der Waals surface area contributed by atoms with Gasteiger partial charge in [-0.15, -0.1) is 0 Å². The summed E-state index contributed by atoms with van der Waals surface area (Å²) in [5.41, 5.74) is -0.0437. The Morgan fingerprint density at radius 2 is 1.96 bits per heavy atom. The average molecular weight is 392 g/mol. The van der Waals surface area contributed by atoms with Crippen LogP contribution in [0, 0.1) is 5.92 Å². The van der Waals surface area contributed by atoms with Crippen LogP contribution in [0.2, 0.25) is 0 Å². The Hall–Kier alpha value is -2.12. The maximum Gasteiger partial charge on any atom is 0.345 e. The van der Waals surface area contributed by atoms with Crippen LogP contribution in [0.1, 0.15) is 64.6 Å². The van der Waals surface area contributed by atoms with Crippen molar-refractivity contribution in [2.24, 2.45) is 5.92 Å². The fraction of sp³-hybridized carbons (Fsp3) is 0.800. The molecule has 1 saturated heterocycles. The molecule has 28 heavy (non-hydrogen) atoms. The molecule has 0 radical (unpaired) electrons. The summed E-state index contributed by atoms with van der Waals surface area (Å²) in [5.74, 6) is 1.32. The smallest absolute Gasteiger partial charge is 0.345 e. The van der Waals surface area contributed by atoms with Crippen LogP contribution in [0.25, 0.3) is 0 Å². The standard InChI is InChI=1S/C20H33N5O3/c1-15(2)9-13-25-20(28)24-12-10-16(7-8-17(24)22-25)21-18(26)14-23-11-5-3-4-6-19(23)27/h15-16H,3-14H2,1-2H3,(H,21,26). The molecule has 0 aromatic carbocycles. The first-order valence-electron chi connectivity index (χ1n) is 10.7. The third kappa shape index (κ3) is 5.23. The second-order valence-electron chi connectivity index (χ2n) is 8.47. The Bertz CT molecular complexity index is 752. The minimum absolute atomic E-state index is 0.0137. The summed E-state index contributed by atoms with van der Waals surface area (Å²) in [6, 6.07) is 0.0137. The van der Waals surface area contributed by atoms with Crippen molar-refractivity contribution in [2.75, 3.05) is 13.1 Å². The van der Waals surface area contributed by atoms with Gasteiger partial charge in [0.2, 0.25) is 11.8 Å². The average Bonchev–Trinajstić information content (AvgIpc) is 2.80. The van der Waals surface area contributed by atoms with Crippen LogP contribution in [-0.2, 0) is 29.1 Å². The molecule has 0 spiro atoms. The first-order valence-corrected chi connectivity index (χ1v) is 10.7. The number of hydrogen-bond donors (Lipinski definition) is 1. The number of nitrogens with one attached hydrogen (secondary N) is 1. The van der Waals surface area contributed by atoms with Crippen molar-refractivity contribution in [2.45, 2.75) is 84.3 Å². The van der Waals surface area contributed by atoms with Crippen LogP contribution in [-0.4, -0.2) is 50.2 Å². The summed E-state index contributed by atoms with van der Waals surface area (Å²) in [4.78, 5) is 38.8. The summed E-state index contributed by atoms with van der Waals surface area (Å²) in [6.07, 6.45) is 6.56. The molecule has 156 valence electrons. The van der Waals surface area contributed by atoms with Gasteiger partial charge in [0.1, 0.15) is 5.82 Å². The summed E-state index contributed by atoms with van der Waals surface area (Å²) < 4.78 is 3.34. The molecule has 2 aliphatic heterocycles. The number of amides is 2. The van der Waals surface area contributed by atoms with Gasteiger partial charge in [0.05, 0.1) is 6.54 Å². The lowest BCUT2D eigenvalue weighted by Crippen LogP contribution is -2.44. The van der Waals surface area contributed by atoms with E-state index in [1.807, 2.05) is 0 Å². The van der Waals surface area contributed by atoms with Crippen molar-refractivity contribution in [1.82, 2.24) is 24.6 Å². The first-order chi connectivity index (χ1) is 13.4. The number of aryl methyl sites for hydroxylation is 2. The van der Waals surface area contributed by atoms with Gasteiger partial charge in [0, 0.05) is 38.5 Å². The van der Waals surface area contributed by atoms with Crippen LogP contribution >= 0.6 is 0 Å². The van der Waals surface area contributed by atoms with Crippen molar-refractivity contribution in [3.05, 3.63) is 16.3 Å². The Morgan fingerprint density at radius 1 is 1.14 bits per heavy atom. The van der Waals surface area contributed by atoms with Gasteiger partial charge in [-0.25, -0.2) is 9.48 Å². The molecule has 2 amide bonds. The molecule has 0 aliphatic carbocycles. The number of carbonyl (C=O) groups is 2. The van der Waals surface area contributed by atoms with Crippen LogP contribution in [0.4, 0.5) is 0 Å². The van der Waals surface area contributed by atoms with E-state index in [9.17, 15) is 14.4 Å². The lowest BCUT2D eigenvalue weighted by Gasteiger charge is -2.22. The number of fused-ring (bicyclic) bond motifs is 1. The lowest BCUT2D eigenvalue weighted by atomic mass is 10.1. The molecule has 0 bridgehead atoms. The van der Waals surface area contributed by atoms with E-state index < -0.39 is 0 Å². The maximum atomic E-state index is 12.6. The number of likely N-dealkylation sites (tertiary alicyclic amines) is 1. The highest BCUT2D eigenvalue weighted by Gasteiger charge is 2.24. The molecular weight excluding hydrogens is 358 g/mol. The van der Waals surface area contributed by atoms with Crippen molar-refractivity contribution >= 4 is 11.8 Å². The Labute approximate surface area is 166 Å². The number of hydrogen-bond acceptors (Lipinski definition) is 4. The summed E-state index contributed by atoms with van der Waals surface area (Å²) in [5, 5.41) is 7.57. The zero-order valence-corrected chi connectivity index (χ0v) is 17.2. The van der Waals surface area contributed by atoms with Gasteiger partial charge in [-0.1, -0.05) is 20.3 Å². The number of rotatable bonds is 6. The highest BCUT2D eigenvalue weighted by atomic mass is 16.2. The van der Waals surface area contributed by atoms with Gasteiger partial charge in [-0.2, -0.15) is 5.10 Å². The van der Waals surface area contributed by atoms with E-state index in [4.69, 9.17) is 0 Å². The van der Waals surface area contributed by atoms with E-state index in [2.05, 4.69) is 24.3 Å².